The SMILES string of the molecule is Cc1ccc(C2=NOC(CO)(c3ccc(Cl)cc3)C2)cc1. The highest BCUT2D eigenvalue weighted by Crippen LogP contribution is 2.36. The number of benzene rings is 2. The topological polar surface area (TPSA) is 41.8 Å². The Morgan fingerprint density at radius 3 is 2.43 bits per heavy atom. The fraction of sp³-hybridized carbons (Fsp3) is 0.235. The molecule has 0 radical (unpaired) electrons. The number of aryl methyl sites for hydroxylation is 1. The van der Waals surface area contributed by atoms with Crippen LogP contribution in [0.1, 0.15) is 23.1 Å². The van der Waals surface area contributed by atoms with Crippen molar-refractivity contribution in [3.63, 3.8) is 0 Å². The Balaban J connectivity index is 1.88. The van der Waals surface area contributed by atoms with Gasteiger partial charge < -0.3 is 9.94 Å². The van der Waals surface area contributed by atoms with Crippen LogP contribution >= 0.6 is 11.6 Å². The predicted octanol–water partition coefficient (Wildman–Crippen LogP) is 3.66. The van der Waals surface area contributed by atoms with E-state index in [0.717, 1.165) is 16.8 Å². The van der Waals surface area contributed by atoms with Crippen LogP contribution < -0.4 is 0 Å². The lowest BCUT2D eigenvalue weighted by molar-refractivity contribution is -0.0620. The van der Waals surface area contributed by atoms with Crippen LogP contribution in [-0.4, -0.2) is 17.4 Å². The molecule has 108 valence electrons. The van der Waals surface area contributed by atoms with Gasteiger partial charge in [-0.05, 0) is 24.6 Å². The average Bonchev–Trinajstić information content (AvgIpc) is 2.94. The molecule has 0 saturated carbocycles. The van der Waals surface area contributed by atoms with E-state index in [9.17, 15) is 5.11 Å². The molecule has 1 N–H and O–H groups in total. The van der Waals surface area contributed by atoms with Gasteiger partial charge in [-0.2, -0.15) is 0 Å². The summed E-state index contributed by atoms with van der Waals surface area (Å²) in [6, 6.07) is 15.4. The lowest BCUT2D eigenvalue weighted by Crippen LogP contribution is -2.30. The summed E-state index contributed by atoms with van der Waals surface area (Å²) >= 11 is 5.91. The second-order valence-electron chi connectivity index (χ2n) is 5.33. The molecule has 0 amide bonds. The van der Waals surface area contributed by atoms with Crippen LogP contribution in [0, 0.1) is 6.92 Å². The highest BCUT2D eigenvalue weighted by Gasteiger charge is 2.40. The maximum absolute atomic E-state index is 9.82. The number of halogens is 1. The zero-order chi connectivity index (χ0) is 14.9. The van der Waals surface area contributed by atoms with Crippen molar-refractivity contribution in [1.82, 2.24) is 0 Å². The molecule has 0 fully saturated rings. The smallest absolute Gasteiger partial charge is 0.191 e. The second kappa shape index (κ2) is 5.51. The largest absolute Gasteiger partial charge is 0.392 e. The zero-order valence-electron chi connectivity index (χ0n) is 11.7. The molecule has 0 aliphatic carbocycles. The molecular formula is C17H16ClNO2. The van der Waals surface area contributed by atoms with E-state index in [0.29, 0.717) is 11.4 Å². The Bertz CT molecular complexity index is 664. The number of hydrogen-bond donors (Lipinski definition) is 1. The van der Waals surface area contributed by atoms with Crippen molar-refractivity contribution in [3.05, 3.63) is 70.2 Å². The van der Waals surface area contributed by atoms with Crippen LogP contribution in [-0.2, 0) is 10.4 Å². The summed E-state index contributed by atoms with van der Waals surface area (Å²) in [5, 5.41) is 14.7. The van der Waals surface area contributed by atoms with Crippen LogP contribution in [0.2, 0.25) is 5.02 Å². The first-order valence-electron chi connectivity index (χ1n) is 6.82. The third-order valence-electron chi connectivity index (χ3n) is 3.79. The summed E-state index contributed by atoms with van der Waals surface area (Å²) in [5.41, 5.74) is 3.12. The number of hydrogen-bond acceptors (Lipinski definition) is 3. The Kier molecular flexibility index (Phi) is 3.70. The first-order valence-corrected chi connectivity index (χ1v) is 7.20. The number of oxime groups is 1. The fourth-order valence-electron chi connectivity index (χ4n) is 2.46. The second-order valence-corrected chi connectivity index (χ2v) is 5.77. The Morgan fingerprint density at radius 2 is 1.81 bits per heavy atom. The summed E-state index contributed by atoms with van der Waals surface area (Å²) < 4.78 is 0. The van der Waals surface area contributed by atoms with Gasteiger partial charge in [0.25, 0.3) is 0 Å². The van der Waals surface area contributed by atoms with Gasteiger partial charge in [-0.1, -0.05) is 58.7 Å². The summed E-state index contributed by atoms with van der Waals surface area (Å²) in [6.45, 7) is 1.91. The minimum Gasteiger partial charge on any atom is -0.392 e. The lowest BCUT2D eigenvalue weighted by Gasteiger charge is -2.24. The molecule has 21 heavy (non-hydrogen) atoms. The summed E-state index contributed by atoms with van der Waals surface area (Å²) in [6.07, 6.45) is 0.536. The monoisotopic (exact) mass is 301 g/mol. The molecule has 1 aliphatic heterocycles. The third-order valence-corrected chi connectivity index (χ3v) is 4.05. The molecule has 3 rings (SSSR count). The Hall–Kier alpha value is -1.84. The van der Waals surface area contributed by atoms with Crippen LogP contribution in [0.15, 0.2) is 53.7 Å². The van der Waals surface area contributed by atoms with E-state index in [-0.39, 0.29) is 6.61 Å². The van der Waals surface area contributed by atoms with Gasteiger partial charge in [0.15, 0.2) is 5.60 Å². The van der Waals surface area contributed by atoms with Gasteiger partial charge in [-0.15, -0.1) is 0 Å². The van der Waals surface area contributed by atoms with E-state index in [1.165, 1.54) is 5.56 Å². The number of aliphatic hydroxyl groups is 1. The molecule has 0 saturated heterocycles. The van der Waals surface area contributed by atoms with E-state index < -0.39 is 5.60 Å². The Morgan fingerprint density at radius 1 is 1.14 bits per heavy atom. The molecule has 1 heterocycles. The zero-order valence-corrected chi connectivity index (χ0v) is 12.5. The highest BCUT2D eigenvalue weighted by atomic mass is 35.5. The number of aliphatic hydroxyl groups excluding tert-OH is 1. The molecule has 0 bridgehead atoms. The molecule has 3 nitrogen and oxygen atoms in total. The molecule has 1 atom stereocenters. The van der Waals surface area contributed by atoms with E-state index in [4.69, 9.17) is 16.4 Å². The minimum absolute atomic E-state index is 0.131. The van der Waals surface area contributed by atoms with Gasteiger partial charge in [0.05, 0.1) is 12.3 Å². The Labute approximate surface area is 128 Å². The maximum atomic E-state index is 9.82. The lowest BCUT2D eigenvalue weighted by atomic mass is 9.88. The first-order chi connectivity index (χ1) is 10.1. The van der Waals surface area contributed by atoms with Crippen LogP contribution in [0.3, 0.4) is 0 Å². The van der Waals surface area contributed by atoms with Gasteiger partial charge in [-0.25, -0.2) is 0 Å². The van der Waals surface area contributed by atoms with Gasteiger partial charge in [0.1, 0.15) is 0 Å². The van der Waals surface area contributed by atoms with Gasteiger partial charge in [-0.3, -0.25) is 0 Å². The average molecular weight is 302 g/mol. The summed E-state index contributed by atoms with van der Waals surface area (Å²) in [5.74, 6) is 0. The molecule has 2 aromatic carbocycles. The molecule has 0 spiro atoms. The minimum atomic E-state index is -0.815. The number of nitrogens with zero attached hydrogens (tertiary/aromatic N) is 1. The van der Waals surface area contributed by atoms with E-state index in [1.54, 1.807) is 12.1 Å². The van der Waals surface area contributed by atoms with Crippen molar-refractivity contribution < 1.29 is 9.94 Å². The number of rotatable bonds is 3. The highest BCUT2D eigenvalue weighted by molar-refractivity contribution is 6.30. The van der Waals surface area contributed by atoms with Crippen LogP contribution in [0.4, 0.5) is 0 Å². The van der Waals surface area contributed by atoms with Crippen molar-refractivity contribution in [2.45, 2.75) is 18.9 Å². The molecule has 4 heteroatoms. The molecule has 2 aromatic rings. The summed E-state index contributed by atoms with van der Waals surface area (Å²) in [7, 11) is 0. The molecule has 1 aliphatic rings. The van der Waals surface area contributed by atoms with Crippen molar-refractivity contribution in [2.24, 2.45) is 5.16 Å². The first kappa shape index (κ1) is 14.1. The quantitative estimate of drug-likeness (QED) is 0.940. The van der Waals surface area contributed by atoms with E-state index in [2.05, 4.69) is 5.16 Å². The third kappa shape index (κ3) is 2.67. The fourth-order valence-corrected chi connectivity index (χ4v) is 2.59. The van der Waals surface area contributed by atoms with Crippen molar-refractivity contribution in [1.29, 1.82) is 0 Å². The maximum Gasteiger partial charge on any atom is 0.191 e. The normalized spacial score (nSPS) is 21.0. The van der Waals surface area contributed by atoms with Gasteiger partial charge in [0, 0.05) is 17.0 Å². The standard InChI is InChI=1S/C17H16ClNO2/c1-12-2-4-13(5-3-12)16-10-17(11-20,21-19-16)14-6-8-15(18)9-7-14/h2-9,20H,10-11H2,1H3. The molecular weight excluding hydrogens is 286 g/mol. The molecule has 0 aromatic heterocycles. The van der Waals surface area contributed by atoms with E-state index >= 15 is 0 Å². The van der Waals surface area contributed by atoms with Crippen molar-refractivity contribution in [2.75, 3.05) is 6.61 Å². The van der Waals surface area contributed by atoms with Crippen molar-refractivity contribution >= 4 is 17.3 Å². The molecule has 1 unspecified atom stereocenters. The summed E-state index contributed by atoms with van der Waals surface area (Å²) in [4.78, 5) is 5.61. The van der Waals surface area contributed by atoms with E-state index in [1.807, 2.05) is 43.3 Å². The van der Waals surface area contributed by atoms with Gasteiger partial charge >= 0.3 is 0 Å². The van der Waals surface area contributed by atoms with Crippen molar-refractivity contribution in [3.8, 4) is 0 Å². The van der Waals surface area contributed by atoms with Crippen LogP contribution in [0.5, 0.6) is 0 Å². The van der Waals surface area contributed by atoms with Gasteiger partial charge in [0.2, 0.25) is 0 Å². The predicted molar refractivity (Wildman–Crippen MR) is 83.6 cm³/mol. The van der Waals surface area contributed by atoms with Crippen LogP contribution in [0.25, 0.3) is 0 Å².